The van der Waals surface area contributed by atoms with Gasteiger partial charge < -0.3 is 56.8 Å². The SMILES string of the molecule is COc1cc2c(OC)cc1Cc1cc(OC)c(cc1OC)Cc1cc(OC)c(cc1OC)Cc1cc3c(cc1Oc1cncc(n1)OCCCCCCOc1cncc(n1)O3)Cc1cc(OC)c(cc1OC)C2. The normalized spacial score (nSPS) is 13.6. The van der Waals surface area contributed by atoms with Crippen LogP contribution in [0.15, 0.2) is 85.5 Å². The maximum Gasteiger partial charge on any atom is 0.241 e. The second-order valence-electron chi connectivity index (χ2n) is 17.6. The lowest BCUT2D eigenvalue weighted by Crippen LogP contribution is -2.06. The summed E-state index contributed by atoms with van der Waals surface area (Å²) in [5, 5.41) is 0. The quantitative estimate of drug-likeness (QED) is 0.141. The second-order valence-corrected chi connectivity index (χ2v) is 17.6. The Hall–Kier alpha value is -8.14. The van der Waals surface area contributed by atoms with Crippen LogP contribution in [-0.2, 0) is 32.1 Å². The molecular formula is C57H60N4O12. The van der Waals surface area contributed by atoms with Crippen molar-refractivity contribution in [3.8, 4) is 81.0 Å². The summed E-state index contributed by atoms with van der Waals surface area (Å²) in [5.74, 6) is 7.38. The molecule has 11 aliphatic rings. The van der Waals surface area contributed by atoms with Crippen LogP contribution in [0.1, 0.15) is 81.3 Å². The van der Waals surface area contributed by atoms with Crippen molar-refractivity contribution in [2.75, 3.05) is 70.1 Å². The van der Waals surface area contributed by atoms with E-state index in [4.69, 9.17) is 66.8 Å². The van der Waals surface area contributed by atoms with Gasteiger partial charge in [-0.2, -0.15) is 9.97 Å². The summed E-state index contributed by atoms with van der Waals surface area (Å²) in [7, 11) is 13.3. The zero-order valence-corrected chi connectivity index (χ0v) is 42.5. The van der Waals surface area contributed by atoms with E-state index < -0.39 is 0 Å². The molecule has 7 aromatic rings. The molecule has 9 aliphatic carbocycles. The zero-order chi connectivity index (χ0) is 50.8. The van der Waals surface area contributed by atoms with Crippen molar-refractivity contribution >= 4 is 0 Å². The number of nitrogens with zero attached hydrogens (tertiary/aromatic N) is 4. The van der Waals surface area contributed by atoms with Crippen molar-refractivity contribution in [3.63, 3.8) is 0 Å². The van der Waals surface area contributed by atoms with Gasteiger partial charge in [0.05, 0.1) is 94.9 Å². The minimum atomic E-state index is 0.242. The van der Waals surface area contributed by atoms with Gasteiger partial charge in [-0.25, -0.2) is 0 Å². The summed E-state index contributed by atoms with van der Waals surface area (Å²) in [5.41, 5.74) is 8.34. The standard InChI is InChI=1S/C57H60N4O12/c1-62-44-22-36-16-38-24-50(68-7)40(26-48(38)66-5)18-42-28-53-43(29-52(42)72-56-32-58-30-54(60-56)70-13-11-9-10-12-14-71-55-31-59-33-57(61-55)73-53)19-41-27-49(67-6)39(25-51(41)69-8)17-37-23-45(63-2)35(21-47(37)65-4)15-34(44)20-46(36)64-3/h20-33H,9-19H2,1-8H3. The van der Waals surface area contributed by atoms with Crippen LogP contribution in [0.3, 0.4) is 0 Å². The maximum absolute atomic E-state index is 6.77. The first-order chi connectivity index (χ1) is 35.7. The van der Waals surface area contributed by atoms with Crippen LogP contribution in [0.4, 0.5) is 0 Å². The fraction of sp³-hybridized carbons (Fsp3) is 0.333. The van der Waals surface area contributed by atoms with Gasteiger partial charge in [0.25, 0.3) is 0 Å². The molecule has 0 fully saturated rings. The van der Waals surface area contributed by atoms with Gasteiger partial charge in [-0.05, 0) is 86.3 Å². The van der Waals surface area contributed by atoms with Crippen LogP contribution in [0.2, 0.25) is 0 Å². The fourth-order valence-corrected chi connectivity index (χ4v) is 9.37. The van der Waals surface area contributed by atoms with E-state index in [0.717, 1.165) is 81.3 Å². The third-order valence-corrected chi connectivity index (χ3v) is 13.0. The Morgan fingerprint density at radius 1 is 0.301 bits per heavy atom. The number of ether oxygens (including phenoxy) is 12. The van der Waals surface area contributed by atoms with Crippen LogP contribution in [0.25, 0.3) is 0 Å². The van der Waals surface area contributed by atoms with Gasteiger partial charge in [-0.3, -0.25) is 9.97 Å². The van der Waals surface area contributed by atoms with Crippen LogP contribution in [-0.4, -0.2) is 90.0 Å². The summed E-state index contributed by atoms with van der Waals surface area (Å²) in [6, 6.07) is 19.9. The molecule has 0 saturated carbocycles. The first-order valence-electron chi connectivity index (χ1n) is 24.1. The average molecular weight is 993 g/mol. The Labute approximate surface area is 425 Å². The number of methoxy groups -OCH3 is 8. The van der Waals surface area contributed by atoms with Crippen LogP contribution >= 0.6 is 0 Å². The van der Waals surface area contributed by atoms with Crippen molar-refractivity contribution in [2.24, 2.45) is 0 Å². The molecule has 16 heteroatoms. The summed E-state index contributed by atoms with van der Waals surface area (Å²) < 4.78 is 74.6. The monoisotopic (exact) mass is 992 g/mol. The van der Waals surface area contributed by atoms with E-state index in [1.165, 1.54) is 0 Å². The lowest BCUT2D eigenvalue weighted by atomic mass is 9.94. The number of rotatable bonds is 8. The number of hydrogen-bond acceptors (Lipinski definition) is 16. The largest absolute Gasteiger partial charge is 0.496 e. The molecular weight excluding hydrogens is 933 g/mol. The maximum atomic E-state index is 6.77. The number of benzene rings is 5. The summed E-state index contributed by atoms with van der Waals surface area (Å²) in [6.07, 6.45) is 11.8. The zero-order valence-electron chi connectivity index (χ0n) is 42.5. The topological polar surface area (TPSA) is 162 Å². The molecule has 2 aliphatic heterocycles. The van der Waals surface area contributed by atoms with E-state index >= 15 is 0 Å². The Balaban J connectivity index is 1.28. The van der Waals surface area contributed by atoms with E-state index in [0.29, 0.717) is 115 Å². The minimum Gasteiger partial charge on any atom is -0.496 e. The highest BCUT2D eigenvalue weighted by molar-refractivity contribution is 5.60. The van der Waals surface area contributed by atoms with Crippen molar-refractivity contribution in [2.45, 2.75) is 57.8 Å². The van der Waals surface area contributed by atoms with Crippen LogP contribution in [0.5, 0.6) is 81.0 Å². The molecule has 16 bridgehead atoms. The van der Waals surface area contributed by atoms with Gasteiger partial charge in [-0.15, -0.1) is 0 Å². The summed E-state index contributed by atoms with van der Waals surface area (Å²) in [4.78, 5) is 18.4. The van der Waals surface area contributed by atoms with Crippen LogP contribution in [0, 0.1) is 0 Å². The van der Waals surface area contributed by atoms with Gasteiger partial charge in [0, 0.05) is 87.7 Å². The third-order valence-electron chi connectivity index (χ3n) is 13.0. The van der Waals surface area contributed by atoms with Gasteiger partial charge >= 0.3 is 0 Å². The van der Waals surface area contributed by atoms with Crippen LogP contribution < -0.4 is 56.8 Å². The predicted octanol–water partition coefficient (Wildman–Crippen LogP) is 10.5. The first kappa shape index (κ1) is 49.8. The van der Waals surface area contributed by atoms with Crippen molar-refractivity contribution in [1.29, 1.82) is 0 Å². The first-order valence-corrected chi connectivity index (χ1v) is 24.1. The third kappa shape index (κ3) is 11.3. The van der Waals surface area contributed by atoms with Gasteiger partial charge in [-0.1, -0.05) is 0 Å². The highest BCUT2D eigenvalue weighted by atomic mass is 16.5. The van der Waals surface area contributed by atoms with Gasteiger partial charge in [0.1, 0.15) is 57.5 Å². The molecule has 18 rings (SSSR count). The average Bonchev–Trinajstić information content (AvgIpc) is 3.41. The Kier molecular flexibility index (Phi) is 15.7. The summed E-state index contributed by atoms with van der Waals surface area (Å²) in [6.45, 7) is 0.935. The molecule has 0 atom stereocenters. The van der Waals surface area contributed by atoms with E-state index in [9.17, 15) is 0 Å². The molecule has 4 heterocycles. The smallest absolute Gasteiger partial charge is 0.241 e. The number of fused-ring (bicyclic) bond motifs is 7. The Bertz CT molecular complexity index is 2890. The second kappa shape index (κ2) is 22.9. The minimum absolute atomic E-state index is 0.242. The molecule has 0 saturated heterocycles. The van der Waals surface area contributed by atoms with Gasteiger partial charge in [0.15, 0.2) is 0 Å². The fourth-order valence-electron chi connectivity index (χ4n) is 9.37. The molecule has 0 unspecified atom stereocenters. The lowest BCUT2D eigenvalue weighted by molar-refractivity contribution is 0.272. The molecule has 0 N–H and O–H groups in total. The Morgan fingerprint density at radius 2 is 0.548 bits per heavy atom. The lowest BCUT2D eigenvalue weighted by Gasteiger charge is -2.21. The number of aromatic nitrogens is 4. The van der Waals surface area contributed by atoms with Crippen molar-refractivity contribution < 1.29 is 56.8 Å². The predicted molar refractivity (Wildman–Crippen MR) is 272 cm³/mol. The van der Waals surface area contributed by atoms with Gasteiger partial charge in [0.2, 0.25) is 23.5 Å². The highest BCUT2D eigenvalue weighted by Crippen LogP contribution is 2.43. The molecule has 380 valence electrons. The number of hydrogen-bond donors (Lipinski definition) is 0. The molecule has 0 amide bonds. The van der Waals surface area contributed by atoms with Crippen molar-refractivity contribution in [1.82, 2.24) is 19.9 Å². The van der Waals surface area contributed by atoms with E-state index in [1.54, 1.807) is 81.7 Å². The van der Waals surface area contributed by atoms with E-state index in [2.05, 4.69) is 9.97 Å². The Morgan fingerprint density at radius 3 is 0.808 bits per heavy atom. The molecule has 0 spiro atoms. The molecule has 0 radical (unpaired) electrons. The molecule has 2 aromatic heterocycles. The molecule has 5 aromatic carbocycles. The van der Waals surface area contributed by atoms with Crippen molar-refractivity contribution in [3.05, 3.63) is 141 Å². The molecule has 73 heavy (non-hydrogen) atoms. The van der Waals surface area contributed by atoms with E-state index in [1.807, 2.05) is 60.7 Å². The highest BCUT2D eigenvalue weighted by Gasteiger charge is 2.24. The summed E-state index contributed by atoms with van der Waals surface area (Å²) >= 11 is 0. The molecule has 16 nitrogen and oxygen atoms in total. The van der Waals surface area contributed by atoms with E-state index in [-0.39, 0.29) is 11.8 Å².